The minimum Gasteiger partial charge on any atom is -0.748 e. The third kappa shape index (κ3) is 3.39. The van der Waals surface area contributed by atoms with Crippen molar-refractivity contribution in [1.82, 2.24) is 0 Å². The molecule has 0 N–H and O–H groups in total. The van der Waals surface area contributed by atoms with Gasteiger partial charge in [-0.05, 0) is 23.9 Å². The molecule has 3 rings (SSSR count). The van der Waals surface area contributed by atoms with Gasteiger partial charge in [-0.1, -0.05) is 24.3 Å². The van der Waals surface area contributed by atoms with Crippen LogP contribution < -0.4 is 56.3 Å². The third-order valence-electron chi connectivity index (χ3n) is 3.43. The van der Waals surface area contributed by atoms with Crippen LogP contribution in [0.1, 0.15) is 16.8 Å². The Bertz CT molecular complexity index is 798. The van der Waals surface area contributed by atoms with Crippen molar-refractivity contribution in [1.29, 1.82) is 0 Å². The van der Waals surface area contributed by atoms with E-state index in [4.69, 9.17) is 0 Å². The van der Waals surface area contributed by atoms with E-state index in [2.05, 4.69) is 0 Å². The standard InChI is InChI=1S/C14H13NO4S.K/c16-14-11-6-1-4-10-5-2-7-12(13(10)11)15(14)8-3-9-20(17,18)19;/h1-2,4-7H,3,8-9H2,(H,17,18,19);/q;+1/p-1. The monoisotopic (exact) mass is 329 g/mol. The summed E-state index contributed by atoms with van der Waals surface area (Å²) in [5.41, 5.74) is 1.41. The van der Waals surface area contributed by atoms with E-state index in [0.29, 0.717) is 5.56 Å². The van der Waals surface area contributed by atoms with Gasteiger partial charge in [-0.25, -0.2) is 8.42 Å². The van der Waals surface area contributed by atoms with Gasteiger partial charge in [0, 0.05) is 23.2 Å². The normalized spacial score (nSPS) is 13.6. The van der Waals surface area contributed by atoms with E-state index < -0.39 is 15.9 Å². The van der Waals surface area contributed by atoms with Crippen molar-refractivity contribution in [2.75, 3.05) is 17.2 Å². The van der Waals surface area contributed by atoms with Crippen LogP contribution in [0, 0.1) is 0 Å². The Balaban J connectivity index is 0.00000161. The molecule has 0 bridgehead atoms. The molecule has 0 radical (unpaired) electrons. The van der Waals surface area contributed by atoms with E-state index in [1.54, 1.807) is 11.0 Å². The quantitative estimate of drug-likeness (QED) is 0.518. The predicted octanol–water partition coefficient (Wildman–Crippen LogP) is -1.26. The number of hydrogen-bond donors (Lipinski definition) is 0. The van der Waals surface area contributed by atoms with Gasteiger partial charge in [0.2, 0.25) is 0 Å². The van der Waals surface area contributed by atoms with Crippen molar-refractivity contribution >= 4 is 32.5 Å². The summed E-state index contributed by atoms with van der Waals surface area (Å²) in [6.45, 7) is 0.230. The number of amides is 1. The van der Waals surface area contributed by atoms with Crippen LogP contribution in [0.5, 0.6) is 0 Å². The molecule has 2 aromatic rings. The van der Waals surface area contributed by atoms with Crippen molar-refractivity contribution in [3.8, 4) is 0 Å². The molecule has 7 heteroatoms. The third-order valence-corrected chi connectivity index (χ3v) is 4.21. The summed E-state index contributed by atoms with van der Waals surface area (Å²) < 4.78 is 31.9. The van der Waals surface area contributed by atoms with Gasteiger partial charge in [-0.3, -0.25) is 4.79 Å². The zero-order chi connectivity index (χ0) is 14.3. The molecule has 0 atom stereocenters. The minimum atomic E-state index is -4.24. The molecule has 104 valence electrons. The summed E-state index contributed by atoms with van der Waals surface area (Å²) in [4.78, 5) is 13.9. The summed E-state index contributed by atoms with van der Waals surface area (Å²) in [5.74, 6) is -0.594. The summed E-state index contributed by atoms with van der Waals surface area (Å²) in [7, 11) is -4.24. The van der Waals surface area contributed by atoms with Crippen LogP contribution in [0.25, 0.3) is 10.8 Å². The number of benzene rings is 2. The molecular formula is C14H12KNO4S. The smallest absolute Gasteiger partial charge is 0.748 e. The summed E-state index contributed by atoms with van der Waals surface area (Å²) >= 11 is 0. The van der Waals surface area contributed by atoms with Crippen molar-refractivity contribution in [2.45, 2.75) is 6.42 Å². The predicted molar refractivity (Wildman–Crippen MR) is 74.8 cm³/mol. The number of rotatable bonds is 4. The Morgan fingerprint density at radius 1 is 1.10 bits per heavy atom. The second-order valence-corrected chi connectivity index (χ2v) is 6.28. The summed E-state index contributed by atoms with van der Waals surface area (Å²) in [5, 5.41) is 1.87. The molecule has 2 aromatic carbocycles. The fourth-order valence-electron chi connectivity index (χ4n) is 2.60. The minimum absolute atomic E-state index is 0. The van der Waals surface area contributed by atoms with E-state index in [9.17, 15) is 17.8 Å². The van der Waals surface area contributed by atoms with Crippen LogP contribution >= 0.6 is 0 Å². The van der Waals surface area contributed by atoms with Gasteiger partial charge < -0.3 is 9.45 Å². The number of nitrogens with zero attached hydrogens (tertiary/aromatic N) is 1. The fraction of sp³-hybridized carbons (Fsp3) is 0.214. The Morgan fingerprint density at radius 2 is 1.76 bits per heavy atom. The molecule has 0 saturated heterocycles. The maximum Gasteiger partial charge on any atom is 1.00 e. The van der Waals surface area contributed by atoms with Gasteiger partial charge in [0.25, 0.3) is 5.91 Å². The van der Waals surface area contributed by atoms with Crippen molar-refractivity contribution in [3.05, 3.63) is 42.0 Å². The Hall–Kier alpha value is -0.284. The van der Waals surface area contributed by atoms with E-state index in [1.807, 2.05) is 30.3 Å². The van der Waals surface area contributed by atoms with E-state index in [-0.39, 0.29) is 70.3 Å². The molecule has 0 aliphatic carbocycles. The van der Waals surface area contributed by atoms with Crippen LogP contribution in [0.15, 0.2) is 36.4 Å². The van der Waals surface area contributed by atoms with Gasteiger partial charge in [0.05, 0.1) is 15.8 Å². The Labute approximate surface area is 165 Å². The van der Waals surface area contributed by atoms with Crippen LogP contribution in [-0.4, -0.2) is 31.2 Å². The molecule has 1 aliphatic rings. The van der Waals surface area contributed by atoms with Crippen LogP contribution in [0.2, 0.25) is 0 Å². The maximum absolute atomic E-state index is 12.3. The molecule has 0 fully saturated rings. The molecule has 0 spiro atoms. The second kappa shape index (κ2) is 6.45. The van der Waals surface area contributed by atoms with E-state index in [0.717, 1.165) is 16.5 Å². The molecule has 0 aromatic heterocycles. The topological polar surface area (TPSA) is 77.5 Å². The number of hydrogen-bond acceptors (Lipinski definition) is 4. The number of carbonyl (C=O) groups excluding carboxylic acids is 1. The van der Waals surface area contributed by atoms with Gasteiger partial charge in [-0.2, -0.15) is 0 Å². The van der Waals surface area contributed by atoms with Crippen LogP contribution in [-0.2, 0) is 10.1 Å². The summed E-state index contributed by atoms with van der Waals surface area (Å²) in [6, 6.07) is 11.1. The molecule has 5 nitrogen and oxygen atoms in total. The van der Waals surface area contributed by atoms with Gasteiger partial charge in [-0.15, -0.1) is 0 Å². The first-order valence-corrected chi connectivity index (χ1v) is 7.82. The Morgan fingerprint density at radius 3 is 2.43 bits per heavy atom. The van der Waals surface area contributed by atoms with Crippen molar-refractivity contribution in [2.24, 2.45) is 0 Å². The maximum atomic E-state index is 12.3. The van der Waals surface area contributed by atoms with Crippen LogP contribution in [0.4, 0.5) is 5.69 Å². The second-order valence-electron chi connectivity index (χ2n) is 4.75. The van der Waals surface area contributed by atoms with Gasteiger partial charge in [0.15, 0.2) is 0 Å². The van der Waals surface area contributed by atoms with Crippen molar-refractivity contribution in [3.63, 3.8) is 0 Å². The average Bonchev–Trinajstić information content (AvgIpc) is 2.66. The van der Waals surface area contributed by atoms with E-state index >= 15 is 0 Å². The van der Waals surface area contributed by atoms with Crippen molar-refractivity contribution < 1.29 is 69.1 Å². The molecule has 1 amide bonds. The zero-order valence-corrected chi connectivity index (χ0v) is 15.5. The fourth-order valence-corrected chi connectivity index (χ4v) is 3.08. The number of carbonyl (C=O) groups is 1. The molecule has 21 heavy (non-hydrogen) atoms. The van der Waals surface area contributed by atoms with Crippen LogP contribution in [0.3, 0.4) is 0 Å². The molecule has 0 unspecified atom stereocenters. The Kier molecular flexibility index (Phi) is 5.25. The first-order chi connectivity index (χ1) is 9.47. The summed E-state index contributed by atoms with van der Waals surface area (Å²) in [6.07, 6.45) is 0.141. The van der Waals surface area contributed by atoms with E-state index in [1.165, 1.54) is 0 Å². The molecule has 1 heterocycles. The average molecular weight is 329 g/mol. The largest absolute Gasteiger partial charge is 1.00 e. The first-order valence-electron chi connectivity index (χ1n) is 6.24. The van der Waals surface area contributed by atoms with Gasteiger partial charge >= 0.3 is 51.4 Å². The first kappa shape index (κ1) is 17.1. The molecular weight excluding hydrogens is 317 g/mol. The SMILES string of the molecule is O=C1c2cccc3cccc(c23)N1CCCS(=O)(=O)[O-].[K+]. The molecule has 0 saturated carbocycles. The zero-order valence-electron chi connectivity index (χ0n) is 11.6. The van der Waals surface area contributed by atoms with Gasteiger partial charge in [0.1, 0.15) is 0 Å². The molecule has 1 aliphatic heterocycles. The number of anilines is 1.